The van der Waals surface area contributed by atoms with E-state index >= 15 is 0 Å². The van der Waals surface area contributed by atoms with E-state index in [1.165, 1.54) is 7.11 Å². The van der Waals surface area contributed by atoms with Gasteiger partial charge in [0.2, 0.25) is 5.91 Å². The molecule has 1 N–H and O–H groups in total. The Bertz CT molecular complexity index is 668. The number of methoxy groups -OCH3 is 1. The zero-order valence-electron chi connectivity index (χ0n) is 14.2. The second-order valence-electron chi connectivity index (χ2n) is 5.64. The average Bonchev–Trinajstić information content (AvgIpc) is 3.03. The summed E-state index contributed by atoms with van der Waals surface area (Å²) < 4.78 is 4.76. The van der Waals surface area contributed by atoms with Crippen molar-refractivity contribution in [3.63, 3.8) is 0 Å². The third kappa shape index (κ3) is 4.89. The maximum Gasteiger partial charge on any atom is 0.328 e. The van der Waals surface area contributed by atoms with E-state index in [1.54, 1.807) is 34.9 Å². The molecule has 0 saturated carbocycles. The number of nitrogens with one attached hydrogen (secondary N) is 1. The van der Waals surface area contributed by atoms with Crippen LogP contribution in [0.5, 0.6) is 0 Å². The highest BCUT2D eigenvalue weighted by molar-refractivity contribution is 7.98. The quantitative estimate of drug-likeness (QED) is 0.731. The Hall–Kier alpha value is -1.73. The number of rotatable bonds is 7. The molecule has 1 saturated heterocycles. The highest BCUT2D eigenvalue weighted by Crippen LogP contribution is 2.28. The van der Waals surface area contributed by atoms with Crippen LogP contribution in [0.1, 0.15) is 29.6 Å². The summed E-state index contributed by atoms with van der Waals surface area (Å²) in [6.45, 7) is 0.548. The number of benzene rings is 1. The minimum atomic E-state index is -0.734. The van der Waals surface area contributed by atoms with Gasteiger partial charge in [-0.2, -0.15) is 11.8 Å². The fourth-order valence-corrected chi connectivity index (χ4v) is 3.32. The van der Waals surface area contributed by atoms with E-state index in [9.17, 15) is 14.4 Å². The molecule has 0 spiro atoms. The van der Waals surface area contributed by atoms with Crippen molar-refractivity contribution in [3.8, 4) is 0 Å². The van der Waals surface area contributed by atoms with Crippen molar-refractivity contribution < 1.29 is 19.1 Å². The van der Waals surface area contributed by atoms with Gasteiger partial charge in [-0.15, -0.1) is 0 Å². The van der Waals surface area contributed by atoms with Gasteiger partial charge >= 0.3 is 5.97 Å². The van der Waals surface area contributed by atoms with E-state index in [2.05, 4.69) is 5.32 Å². The second kappa shape index (κ2) is 9.10. The van der Waals surface area contributed by atoms with Crippen LogP contribution in [0.15, 0.2) is 18.2 Å². The molecule has 8 heteroatoms. The molecule has 25 heavy (non-hydrogen) atoms. The lowest BCUT2D eigenvalue weighted by Crippen LogP contribution is -2.42. The first-order chi connectivity index (χ1) is 12.0. The number of esters is 1. The number of carbonyl (C=O) groups is 3. The van der Waals surface area contributed by atoms with Crippen LogP contribution in [0.3, 0.4) is 0 Å². The molecule has 1 aromatic rings. The summed E-state index contributed by atoms with van der Waals surface area (Å²) in [4.78, 5) is 38.2. The van der Waals surface area contributed by atoms with Crippen LogP contribution in [0.4, 0.5) is 5.69 Å². The van der Waals surface area contributed by atoms with E-state index in [-0.39, 0.29) is 5.91 Å². The number of carbonyl (C=O) groups excluding carboxylic acids is 3. The van der Waals surface area contributed by atoms with Gasteiger partial charge in [-0.3, -0.25) is 9.59 Å². The number of ether oxygens (including phenoxy) is 1. The largest absolute Gasteiger partial charge is 0.467 e. The molecule has 0 radical (unpaired) electrons. The first-order valence-electron chi connectivity index (χ1n) is 7.95. The molecule has 2 rings (SSSR count). The Morgan fingerprint density at radius 3 is 2.80 bits per heavy atom. The highest BCUT2D eigenvalue weighted by atomic mass is 35.5. The van der Waals surface area contributed by atoms with Crippen LogP contribution in [-0.2, 0) is 14.3 Å². The molecular weight excluding hydrogens is 364 g/mol. The summed E-state index contributed by atoms with van der Waals surface area (Å²) in [5, 5.41) is 3.15. The fraction of sp³-hybridized carbons (Fsp3) is 0.471. The van der Waals surface area contributed by atoms with Crippen molar-refractivity contribution in [2.45, 2.75) is 25.3 Å². The lowest BCUT2D eigenvalue weighted by Gasteiger charge is -2.21. The fourth-order valence-electron chi connectivity index (χ4n) is 2.69. The first kappa shape index (κ1) is 19.6. The molecule has 0 bridgehead atoms. The smallest absolute Gasteiger partial charge is 0.328 e. The van der Waals surface area contributed by atoms with Crippen LogP contribution in [0.25, 0.3) is 0 Å². The van der Waals surface area contributed by atoms with E-state index in [1.807, 2.05) is 6.26 Å². The van der Waals surface area contributed by atoms with E-state index in [0.717, 1.165) is 6.42 Å². The van der Waals surface area contributed by atoms with Gasteiger partial charge < -0.3 is 15.0 Å². The SMILES string of the molecule is COC(=O)[C@@H](CCSC)NC(=O)c1ccc(Cl)cc1N1CCCC1=O. The lowest BCUT2D eigenvalue weighted by molar-refractivity contribution is -0.142. The molecule has 1 fully saturated rings. The zero-order chi connectivity index (χ0) is 18.4. The monoisotopic (exact) mass is 384 g/mol. The van der Waals surface area contributed by atoms with E-state index in [0.29, 0.717) is 41.4 Å². The zero-order valence-corrected chi connectivity index (χ0v) is 15.8. The highest BCUT2D eigenvalue weighted by Gasteiger charge is 2.28. The van der Waals surface area contributed by atoms with Gasteiger partial charge in [0.05, 0.1) is 18.4 Å². The van der Waals surface area contributed by atoms with Crippen LogP contribution in [0, 0.1) is 0 Å². The summed E-state index contributed by atoms with van der Waals surface area (Å²) in [6, 6.07) is 4.04. The van der Waals surface area contributed by atoms with Gasteiger partial charge in [-0.05, 0) is 43.0 Å². The molecule has 0 aliphatic carbocycles. The Morgan fingerprint density at radius 1 is 1.44 bits per heavy atom. The number of thioether (sulfide) groups is 1. The van der Waals surface area contributed by atoms with Gasteiger partial charge in [0.15, 0.2) is 0 Å². The van der Waals surface area contributed by atoms with Crippen molar-refractivity contribution >= 4 is 46.8 Å². The number of halogens is 1. The third-order valence-corrected chi connectivity index (χ3v) is 4.85. The van der Waals surface area contributed by atoms with E-state index < -0.39 is 17.9 Å². The number of anilines is 1. The second-order valence-corrected chi connectivity index (χ2v) is 7.06. The molecule has 0 unspecified atom stereocenters. The molecule has 2 amide bonds. The minimum Gasteiger partial charge on any atom is -0.467 e. The van der Waals surface area contributed by atoms with Crippen molar-refractivity contribution in [2.24, 2.45) is 0 Å². The lowest BCUT2D eigenvalue weighted by atomic mass is 10.1. The number of amides is 2. The Kier molecular flexibility index (Phi) is 7.13. The molecule has 6 nitrogen and oxygen atoms in total. The third-order valence-electron chi connectivity index (χ3n) is 3.97. The van der Waals surface area contributed by atoms with Crippen molar-refractivity contribution in [1.82, 2.24) is 5.32 Å². The standard InChI is InChI=1S/C17H21ClN2O4S/c1-24-17(23)13(7-9-25-2)19-16(22)12-6-5-11(18)10-14(12)20-8-3-4-15(20)21/h5-6,10,13H,3-4,7-9H2,1-2H3,(H,19,22)/t13-/m1/s1. The molecule has 1 aliphatic heterocycles. The summed E-state index contributed by atoms with van der Waals surface area (Å²) in [5.41, 5.74) is 0.790. The molecule has 1 heterocycles. The van der Waals surface area contributed by atoms with Crippen molar-refractivity contribution in [2.75, 3.05) is 30.6 Å². The Balaban J connectivity index is 2.25. The topological polar surface area (TPSA) is 75.7 Å². The predicted molar refractivity (Wildman–Crippen MR) is 99.3 cm³/mol. The first-order valence-corrected chi connectivity index (χ1v) is 9.72. The van der Waals surface area contributed by atoms with Crippen molar-refractivity contribution in [3.05, 3.63) is 28.8 Å². The Labute approximate surface area is 156 Å². The summed E-state index contributed by atoms with van der Waals surface area (Å²) in [6.07, 6.45) is 3.58. The molecule has 0 aromatic heterocycles. The maximum absolute atomic E-state index is 12.7. The summed E-state index contributed by atoms with van der Waals surface area (Å²) in [7, 11) is 1.29. The maximum atomic E-state index is 12.7. The van der Waals surface area contributed by atoms with Gasteiger partial charge in [0.25, 0.3) is 5.91 Å². The van der Waals surface area contributed by atoms with Crippen molar-refractivity contribution in [1.29, 1.82) is 0 Å². The van der Waals surface area contributed by atoms with Crippen LogP contribution >= 0.6 is 23.4 Å². The van der Waals surface area contributed by atoms with E-state index in [4.69, 9.17) is 16.3 Å². The van der Waals surface area contributed by atoms with Crippen LogP contribution < -0.4 is 10.2 Å². The number of hydrogen-bond donors (Lipinski definition) is 1. The average molecular weight is 385 g/mol. The summed E-state index contributed by atoms with van der Waals surface area (Å²) >= 11 is 7.63. The van der Waals surface area contributed by atoms with Crippen LogP contribution in [0.2, 0.25) is 5.02 Å². The normalized spacial score (nSPS) is 15.2. The molecule has 1 aromatic carbocycles. The molecule has 1 aliphatic rings. The van der Waals surface area contributed by atoms with Gasteiger partial charge in [0.1, 0.15) is 6.04 Å². The molecule has 136 valence electrons. The van der Waals surface area contributed by atoms with Gasteiger partial charge in [-0.1, -0.05) is 11.6 Å². The van der Waals surface area contributed by atoms with Gasteiger partial charge in [0, 0.05) is 18.0 Å². The Morgan fingerprint density at radius 2 is 2.20 bits per heavy atom. The molecule has 1 atom stereocenters. The van der Waals surface area contributed by atoms with Gasteiger partial charge in [-0.25, -0.2) is 4.79 Å². The molecular formula is C17H21ClN2O4S. The number of nitrogens with zero attached hydrogens (tertiary/aromatic N) is 1. The van der Waals surface area contributed by atoms with Crippen LogP contribution in [-0.4, -0.2) is 49.5 Å². The number of hydrogen-bond acceptors (Lipinski definition) is 5. The minimum absolute atomic E-state index is 0.0387. The predicted octanol–water partition coefficient (Wildman–Crippen LogP) is 2.49. The summed E-state index contributed by atoms with van der Waals surface area (Å²) in [5.74, 6) is -0.251.